The van der Waals surface area contributed by atoms with E-state index in [-0.39, 0.29) is 6.61 Å². The Morgan fingerprint density at radius 2 is 1.89 bits per heavy atom. The summed E-state index contributed by atoms with van der Waals surface area (Å²) in [6, 6.07) is 12.0. The molecule has 0 unspecified atom stereocenters. The van der Waals surface area contributed by atoms with Gasteiger partial charge in [-0.15, -0.1) is 0 Å². The minimum Gasteiger partial charge on any atom is -0.392 e. The van der Waals surface area contributed by atoms with E-state index in [0.29, 0.717) is 0 Å². The highest BCUT2D eigenvalue weighted by molar-refractivity contribution is 5.22. The van der Waals surface area contributed by atoms with Crippen molar-refractivity contribution in [2.75, 3.05) is 6.54 Å². The number of aliphatic hydroxyl groups excluding tert-OH is 1. The fraction of sp³-hybridized carbons (Fsp3) is 0.267. The van der Waals surface area contributed by atoms with Gasteiger partial charge in [-0.25, -0.2) is 0 Å². The van der Waals surface area contributed by atoms with Crippen molar-refractivity contribution in [3.8, 4) is 0 Å². The zero-order valence-electron chi connectivity index (χ0n) is 10.3. The van der Waals surface area contributed by atoms with E-state index in [2.05, 4.69) is 22.4 Å². The molecule has 0 aliphatic heterocycles. The van der Waals surface area contributed by atoms with Gasteiger partial charge in [0.15, 0.2) is 0 Å². The van der Waals surface area contributed by atoms with E-state index in [1.165, 1.54) is 11.1 Å². The van der Waals surface area contributed by atoms with Crippen LogP contribution in [0, 0.1) is 0 Å². The molecule has 3 nitrogen and oxygen atoms in total. The molecule has 0 spiro atoms. The van der Waals surface area contributed by atoms with Gasteiger partial charge < -0.3 is 10.4 Å². The second-order valence-corrected chi connectivity index (χ2v) is 4.27. The number of pyridine rings is 1. The number of nitrogens with zero attached hydrogens (tertiary/aromatic N) is 1. The summed E-state index contributed by atoms with van der Waals surface area (Å²) in [5.74, 6) is 0. The Morgan fingerprint density at radius 3 is 2.67 bits per heavy atom. The molecular weight excluding hydrogens is 224 g/mol. The van der Waals surface area contributed by atoms with Crippen LogP contribution in [0.4, 0.5) is 0 Å². The van der Waals surface area contributed by atoms with Gasteiger partial charge in [0.1, 0.15) is 0 Å². The van der Waals surface area contributed by atoms with E-state index in [9.17, 15) is 0 Å². The van der Waals surface area contributed by atoms with Gasteiger partial charge in [-0.3, -0.25) is 4.98 Å². The minimum absolute atomic E-state index is 0.101. The topological polar surface area (TPSA) is 45.1 Å². The largest absolute Gasteiger partial charge is 0.392 e. The lowest BCUT2D eigenvalue weighted by atomic mass is 10.1. The summed E-state index contributed by atoms with van der Waals surface area (Å²) < 4.78 is 0. The summed E-state index contributed by atoms with van der Waals surface area (Å²) in [6.07, 6.45) is 4.67. The molecule has 0 radical (unpaired) electrons. The van der Waals surface area contributed by atoms with Crippen LogP contribution < -0.4 is 5.32 Å². The van der Waals surface area contributed by atoms with Crippen molar-refractivity contribution < 1.29 is 5.11 Å². The van der Waals surface area contributed by atoms with Crippen LogP contribution >= 0.6 is 0 Å². The third kappa shape index (κ3) is 3.95. The number of hydrogen-bond acceptors (Lipinski definition) is 3. The third-order valence-electron chi connectivity index (χ3n) is 2.82. The van der Waals surface area contributed by atoms with E-state index in [1.807, 2.05) is 30.5 Å². The van der Waals surface area contributed by atoms with Gasteiger partial charge in [-0.1, -0.05) is 30.3 Å². The predicted molar refractivity (Wildman–Crippen MR) is 72.0 cm³/mol. The average molecular weight is 242 g/mol. The second-order valence-electron chi connectivity index (χ2n) is 4.27. The Hall–Kier alpha value is -1.71. The Balaban J connectivity index is 1.75. The van der Waals surface area contributed by atoms with Crippen LogP contribution in [0.15, 0.2) is 48.8 Å². The summed E-state index contributed by atoms with van der Waals surface area (Å²) in [6.45, 7) is 1.85. The average Bonchev–Trinajstić information content (AvgIpc) is 2.45. The SMILES string of the molecule is OCc1cccc(CNCCc2cccnc2)c1. The predicted octanol–water partition coefficient (Wildman–Crippen LogP) is 1.91. The first-order valence-electron chi connectivity index (χ1n) is 6.17. The fourth-order valence-electron chi connectivity index (χ4n) is 1.85. The molecule has 1 aromatic heterocycles. The maximum absolute atomic E-state index is 9.05. The minimum atomic E-state index is 0.101. The summed E-state index contributed by atoms with van der Waals surface area (Å²) in [5, 5.41) is 12.4. The van der Waals surface area contributed by atoms with Gasteiger partial charge in [0.25, 0.3) is 0 Å². The van der Waals surface area contributed by atoms with Gasteiger partial charge in [-0.05, 0) is 35.7 Å². The highest BCUT2D eigenvalue weighted by Gasteiger charge is 1.96. The van der Waals surface area contributed by atoms with E-state index in [0.717, 1.165) is 25.1 Å². The molecular formula is C15H18N2O. The molecule has 2 aromatic rings. The Morgan fingerprint density at radius 1 is 1.06 bits per heavy atom. The molecule has 3 heteroatoms. The van der Waals surface area contributed by atoms with E-state index < -0.39 is 0 Å². The smallest absolute Gasteiger partial charge is 0.0681 e. The summed E-state index contributed by atoms with van der Waals surface area (Å²) in [4.78, 5) is 4.09. The quantitative estimate of drug-likeness (QED) is 0.761. The molecule has 1 aromatic carbocycles. The standard InChI is InChI=1S/C15H18N2O/c18-12-15-4-1-3-14(9-15)11-17-8-6-13-5-2-7-16-10-13/h1-5,7,9-10,17-18H,6,8,11-12H2. The van der Waals surface area contributed by atoms with Crippen LogP contribution in [0.2, 0.25) is 0 Å². The molecule has 0 amide bonds. The van der Waals surface area contributed by atoms with E-state index in [1.54, 1.807) is 6.20 Å². The molecule has 0 saturated carbocycles. The van der Waals surface area contributed by atoms with E-state index >= 15 is 0 Å². The molecule has 1 heterocycles. The summed E-state index contributed by atoms with van der Waals surface area (Å²) >= 11 is 0. The van der Waals surface area contributed by atoms with Gasteiger partial charge in [0, 0.05) is 18.9 Å². The molecule has 18 heavy (non-hydrogen) atoms. The Bertz CT molecular complexity index is 471. The lowest BCUT2D eigenvalue weighted by Gasteiger charge is -2.06. The molecule has 0 atom stereocenters. The van der Waals surface area contributed by atoms with Crippen LogP contribution in [-0.4, -0.2) is 16.6 Å². The van der Waals surface area contributed by atoms with Crippen LogP contribution in [0.5, 0.6) is 0 Å². The second kappa shape index (κ2) is 6.89. The number of benzene rings is 1. The lowest BCUT2D eigenvalue weighted by Crippen LogP contribution is -2.16. The van der Waals surface area contributed by atoms with Gasteiger partial charge in [0.05, 0.1) is 6.61 Å². The number of nitrogens with one attached hydrogen (secondary N) is 1. The molecule has 0 aliphatic rings. The van der Waals surface area contributed by atoms with Gasteiger partial charge in [0.2, 0.25) is 0 Å². The van der Waals surface area contributed by atoms with Crippen LogP contribution in [0.25, 0.3) is 0 Å². The number of aromatic nitrogens is 1. The number of rotatable bonds is 6. The molecule has 0 fully saturated rings. The van der Waals surface area contributed by atoms with Crippen LogP contribution in [0.3, 0.4) is 0 Å². The van der Waals surface area contributed by atoms with Gasteiger partial charge >= 0.3 is 0 Å². The molecule has 0 saturated heterocycles. The highest BCUT2D eigenvalue weighted by Crippen LogP contribution is 2.05. The van der Waals surface area contributed by atoms with E-state index in [4.69, 9.17) is 5.11 Å². The fourth-order valence-corrected chi connectivity index (χ4v) is 1.85. The normalized spacial score (nSPS) is 10.5. The number of aliphatic hydroxyl groups is 1. The van der Waals surface area contributed by atoms with Gasteiger partial charge in [-0.2, -0.15) is 0 Å². The molecule has 2 rings (SSSR count). The maximum atomic E-state index is 9.05. The van der Waals surface area contributed by atoms with Crippen molar-refractivity contribution in [2.24, 2.45) is 0 Å². The third-order valence-corrected chi connectivity index (χ3v) is 2.82. The van der Waals surface area contributed by atoms with Crippen molar-refractivity contribution in [3.05, 3.63) is 65.5 Å². The summed E-state index contributed by atoms with van der Waals surface area (Å²) in [7, 11) is 0. The molecule has 94 valence electrons. The van der Waals surface area contributed by atoms with Crippen molar-refractivity contribution in [3.63, 3.8) is 0 Å². The number of hydrogen-bond donors (Lipinski definition) is 2. The Kier molecular flexibility index (Phi) is 4.88. The molecule has 0 bridgehead atoms. The first-order valence-corrected chi connectivity index (χ1v) is 6.17. The molecule has 0 aliphatic carbocycles. The molecule has 2 N–H and O–H groups in total. The lowest BCUT2D eigenvalue weighted by molar-refractivity contribution is 0.281. The summed E-state index contributed by atoms with van der Waals surface area (Å²) in [5.41, 5.74) is 3.41. The first kappa shape index (κ1) is 12.7. The van der Waals surface area contributed by atoms with Crippen molar-refractivity contribution in [1.82, 2.24) is 10.3 Å². The first-order chi connectivity index (χ1) is 8.88. The highest BCUT2D eigenvalue weighted by atomic mass is 16.3. The van der Waals surface area contributed by atoms with Crippen molar-refractivity contribution in [2.45, 2.75) is 19.6 Å². The van der Waals surface area contributed by atoms with Crippen molar-refractivity contribution in [1.29, 1.82) is 0 Å². The zero-order chi connectivity index (χ0) is 12.6. The Labute approximate surface area is 108 Å². The monoisotopic (exact) mass is 242 g/mol. The zero-order valence-corrected chi connectivity index (χ0v) is 10.3. The van der Waals surface area contributed by atoms with Crippen LogP contribution in [-0.2, 0) is 19.6 Å². The maximum Gasteiger partial charge on any atom is 0.0681 e. The van der Waals surface area contributed by atoms with Crippen LogP contribution in [0.1, 0.15) is 16.7 Å². The van der Waals surface area contributed by atoms with Crippen molar-refractivity contribution >= 4 is 0 Å².